The van der Waals surface area contributed by atoms with Crippen LogP contribution in [0.2, 0.25) is 0 Å². The molecule has 8 nitrogen and oxygen atoms in total. The molecule has 3 N–H and O–H groups in total. The summed E-state index contributed by atoms with van der Waals surface area (Å²) in [5, 5.41) is 5.59. The van der Waals surface area contributed by atoms with Crippen molar-refractivity contribution in [3.63, 3.8) is 0 Å². The highest BCUT2D eigenvalue weighted by Gasteiger charge is 2.22. The molecule has 0 unspecified atom stereocenters. The van der Waals surface area contributed by atoms with Crippen molar-refractivity contribution < 1.29 is 22.7 Å². The third-order valence-electron chi connectivity index (χ3n) is 5.26. The highest BCUT2D eigenvalue weighted by Crippen LogP contribution is 2.24. The fraction of sp³-hybridized carbons (Fsp3) is 0.391. The molecular formula is C23H29N3O5S. The van der Waals surface area contributed by atoms with Crippen LogP contribution in [0, 0.1) is 5.92 Å². The Kier molecular flexibility index (Phi) is 8.10. The van der Waals surface area contributed by atoms with Crippen molar-refractivity contribution in [3.8, 4) is 5.75 Å². The average molecular weight is 460 g/mol. The summed E-state index contributed by atoms with van der Waals surface area (Å²) in [6.45, 7) is 2.98. The number of anilines is 1. The van der Waals surface area contributed by atoms with Crippen molar-refractivity contribution in [1.82, 2.24) is 10.6 Å². The minimum atomic E-state index is -3.81. The van der Waals surface area contributed by atoms with Gasteiger partial charge in [0.2, 0.25) is 5.91 Å². The Morgan fingerprint density at radius 2 is 1.69 bits per heavy atom. The van der Waals surface area contributed by atoms with Crippen molar-refractivity contribution >= 4 is 27.5 Å². The SMILES string of the molecule is CCOc1ccc(S(=O)(=O)Nc2cccc(C(=O)NCCNC(=O)C3CCCC3)c2)cc1. The standard InChI is InChI=1S/C23H29N3O5S/c1-2-31-20-10-12-21(13-11-20)32(29,30)26-19-9-5-8-18(16-19)23(28)25-15-14-24-22(27)17-6-3-4-7-17/h5,8-13,16-17,26H,2-4,6-7,14-15H2,1H3,(H,24,27)(H,25,28). The van der Waals surface area contributed by atoms with Crippen molar-refractivity contribution in [1.29, 1.82) is 0 Å². The van der Waals surface area contributed by atoms with Gasteiger partial charge in [-0.25, -0.2) is 8.42 Å². The second-order valence-electron chi connectivity index (χ2n) is 7.62. The number of ether oxygens (including phenoxy) is 1. The predicted molar refractivity (Wildman–Crippen MR) is 122 cm³/mol. The summed E-state index contributed by atoms with van der Waals surface area (Å²) >= 11 is 0. The molecule has 1 saturated carbocycles. The third kappa shape index (κ3) is 6.46. The van der Waals surface area contributed by atoms with Crippen LogP contribution in [-0.2, 0) is 14.8 Å². The zero-order valence-corrected chi connectivity index (χ0v) is 18.9. The monoisotopic (exact) mass is 459 g/mol. The zero-order chi connectivity index (χ0) is 23.0. The van der Waals surface area contributed by atoms with E-state index in [0.717, 1.165) is 25.7 Å². The van der Waals surface area contributed by atoms with E-state index in [2.05, 4.69) is 15.4 Å². The molecule has 0 aliphatic heterocycles. The van der Waals surface area contributed by atoms with Crippen LogP contribution in [0.1, 0.15) is 43.0 Å². The van der Waals surface area contributed by atoms with E-state index in [9.17, 15) is 18.0 Å². The number of carbonyl (C=O) groups is 2. The van der Waals surface area contributed by atoms with Gasteiger partial charge >= 0.3 is 0 Å². The molecule has 0 bridgehead atoms. The lowest BCUT2D eigenvalue weighted by molar-refractivity contribution is -0.124. The van der Waals surface area contributed by atoms with Crippen LogP contribution in [0.5, 0.6) is 5.75 Å². The van der Waals surface area contributed by atoms with Gasteiger partial charge in [-0.05, 0) is 62.2 Å². The Bertz CT molecular complexity index is 1030. The number of nitrogens with one attached hydrogen (secondary N) is 3. The maximum absolute atomic E-state index is 12.6. The van der Waals surface area contributed by atoms with Gasteiger partial charge < -0.3 is 15.4 Å². The maximum Gasteiger partial charge on any atom is 0.261 e. The minimum absolute atomic E-state index is 0.0439. The Balaban J connectivity index is 1.53. The van der Waals surface area contributed by atoms with E-state index < -0.39 is 10.0 Å². The van der Waals surface area contributed by atoms with E-state index in [1.165, 1.54) is 18.2 Å². The smallest absolute Gasteiger partial charge is 0.261 e. The number of amides is 2. The van der Waals surface area contributed by atoms with E-state index in [0.29, 0.717) is 31.0 Å². The van der Waals surface area contributed by atoms with E-state index in [4.69, 9.17) is 4.74 Å². The van der Waals surface area contributed by atoms with Gasteiger partial charge in [0.25, 0.3) is 15.9 Å². The Morgan fingerprint density at radius 3 is 2.38 bits per heavy atom. The molecule has 2 aromatic rings. The van der Waals surface area contributed by atoms with Crippen molar-refractivity contribution in [2.45, 2.75) is 37.5 Å². The average Bonchev–Trinajstić information content (AvgIpc) is 3.32. The first kappa shape index (κ1) is 23.6. The number of carbonyl (C=O) groups excluding carboxylic acids is 2. The van der Waals surface area contributed by atoms with Crippen LogP contribution in [0.15, 0.2) is 53.4 Å². The molecule has 1 aliphatic carbocycles. The molecule has 3 rings (SSSR count). The first-order valence-corrected chi connectivity index (χ1v) is 12.3. The molecule has 1 aliphatic rings. The number of hydrogen-bond acceptors (Lipinski definition) is 5. The lowest BCUT2D eigenvalue weighted by Gasteiger charge is -2.12. The first-order chi connectivity index (χ1) is 15.4. The van der Waals surface area contributed by atoms with Gasteiger partial charge in [-0.2, -0.15) is 0 Å². The molecule has 2 aromatic carbocycles. The van der Waals surface area contributed by atoms with Gasteiger partial charge in [-0.3, -0.25) is 14.3 Å². The highest BCUT2D eigenvalue weighted by molar-refractivity contribution is 7.92. The molecule has 0 atom stereocenters. The molecule has 2 amide bonds. The lowest BCUT2D eigenvalue weighted by Crippen LogP contribution is -2.37. The van der Waals surface area contributed by atoms with Gasteiger partial charge in [-0.1, -0.05) is 18.9 Å². The third-order valence-corrected chi connectivity index (χ3v) is 6.65. The van der Waals surface area contributed by atoms with Crippen LogP contribution >= 0.6 is 0 Å². The van der Waals surface area contributed by atoms with Crippen molar-refractivity contribution in [3.05, 3.63) is 54.1 Å². The van der Waals surface area contributed by atoms with Gasteiger partial charge in [0.05, 0.1) is 11.5 Å². The zero-order valence-electron chi connectivity index (χ0n) is 18.1. The largest absolute Gasteiger partial charge is 0.494 e. The van der Waals surface area contributed by atoms with Crippen LogP contribution in [0.4, 0.5) is 5.69 Å². The molecule has 0 heterocycles. The molecule has 0 spiro atoms. The Morgan fingerprint density at radius 1 is 1.00 bits per heavy atom. The summed E-state index contributed by atoms with van der Waals surface area (Å²) in [6, 6.07) is 12.4. The molecule has 32 heavy (non-hydrogen) atoms. The normalized spacial score (nSPS) is 14.0. The van der Waals surface area contributed by atoms with E-state index in [-0.39, 0.29) is 28.3 Å². The molecular weight excluding hydrogens is 430 g/mol. The van der Waals surface area contributed by atoms with Gasteiger partial charge in [0.15, 0.2) is 0 Å². The van der Waals surface area contributed by atoms with Crippen LogP contribution < -0.4 is 20.1 Å². The summed E-state index contributed by atoms with van der Waals surface area (Å²) in [5.41, 5.74) is 0.597. The lowest BCUT2D eigenvalue weighted by atomic mass is 10.1. The molecule has 0 saturated heterocycles. The first-order valence-electron chi connectivity index (χ1n) is 10.8. The fourth-order valence-corrected chi connectivity index (χ4v) is 4.67. The highest BCUT2D eigenvalue weighted by atomic mass is 32.2. The summed E-state index contributed by atoms with van der Waals surface area (Å²) in [4.78, 5) is 24.5. The number of hydrogen-bond donors (Lipinski definition) is 3. The van der Waals surface area contributed by atoms with E-state index in [1.807, 2.05) is 6.92 Å². The van der Waals surface area contributed by atoms with E-state index >= 15 is 0 Å². The summed E-state index contributed by atoms with van der Waals surface area (Å²) in [7, 11) is -3.81. The van der Waals surface area contributed by atoms with Crippen LogP contribution in [0.3, 0.4) is 0 Å². The number of sulfonamides is 1. The topological polar surface area (TPSA) is 114 Å². The molecule has 0 radical (unpaired) electrons. The van der Waals surface area contributed by atoms with Gasteiger partial charge in [0, 0.05) is 30.3 Å². The quantitative estimate of drug-likeness (QED) is 0.473. The number of rotatable bonds is 10. The van der Waals surface area contributed by atoms with Crippen molar-refractivity contribution in [2.75, 3.05) is 24.4 Å². The molecule has 0 aromatic heterocycles. The minimum Gasteiger partial charge on any atom is -0.494 e. The van der Waals surface area contributed by atoms with E-state index in [1.54, 1.807) is 30.3 Å². The van der Waals surface area contributed by atoms with Gasteiger partial charge in [-0.15, -0.1) is 0 Å². The second kappa shape index (κ2) is 11.0. The van der Waals surface area contributed by atoms with Crippen LogP contribution in [0.25, 0.3) is 0 Å². The van der Waals surface area contributed by atoms with Crippen molar-refractivity contribution in [2.24, 2.45) is 5.92 Å². The Hall–Kier alpha value is -3.07. The molecule has 172 valence electrons. The Labute approximate surface area is 188 Å². The predicted octanol–water partition coefficient (Wildman–Crippen LogP) is 2.92. The number of benzene rings is 2. The van der Waals surface area contributed by atoms with Crippen LogP contribution in [-0.4, -0.2) is 39.9 Å². The molecule has 1 fully saturated rings. The molecule has 9 heteroatoms. The summed E-state index contributed by atoms with van der Waals surface area (Å²) in [5.74, 6) is 0.375. The summed E-state index contributed by atoms with van der Waals surface area (Å²) < 4.78 is 33.1. The summed E-state index contributed by atoms with van der Waals surface area (Å²) in [6.07, 6.45) is 4.04. The maximum atomic E-state index is 12.6. The fourth-order valence-electron chi connectivity index (χ4n) is 3.62. The second-order valence-corrected chi connectivity index (χ2v) is 9.30. The van der Waals surface area contributed by atoms with Gasteiger partial charge in [0.1, 0.15) is 5.75 Å².